The van der Waals surface area contributed by atoms with E-state index in [1.165, 1.54) is 25.7 Å². The molecule has 0 radical (unpaired) electrons. The highest BCUT2D eigenvalue weighted by atomic mass is 19.1. The zero-order valence-corrected chi connectivity index (χ0v) is 16.1. The first-order valence-corrected chi connectivity index (χ1v) is 10.4. The van der Waals surface area contributed by atoms with Crippen LogP contribution in [0.15, 0.2) is 11.6 Å². The molecule has 4 rings (SSSR count). The number of ether oxygens (including phenoxy) is 1. The Hall–Kier alpha value is -0.410. The number of halogens is 1. The van der Waals surface area contributed by atoms with E-state index in [0.29, 0.717) is 35.5 Å². The number of methoxy groups -OCH3 is 1. The van der Waals surface area contributed by atoms with E-state index in [1.807, 2.05) is 0 Å². The molecule has 0 aromatic rings. The molecule has 0 amide bonds. The Morgan fingerprint density at radius 1 is 1.16 bits per heavy atom. The first-order chi connectivity index (χ1) is 12.0. The van der Waals surface area contributed by atoms with Gasteiger partial charge in [0.1, 0.15) is 6.17 Å². The minimum absolute atomic E-state index is 0.0267. The highest BCUT2D eigenvalue weighted by Crippen LogP contribution is 2.64. The van der Waals surface area contributed by atoms with Crippen molar-refractivity contribution < 1.29 is 14.2 Å². The molecule has 0 saturated heterocycles. The average molecular weight is 351 g/mol. The molecule has 0 aliphatic heterocycles. The highest BCUT2D eigenvalue weighted by Gasteiger charge is 2.58. The van der Waals surface area contributed by atoms with Gasteiger partial charge in [0.25, 0.3) is 0 Å². The van der Waals surface area contributed by atoms with Gasteiger partial charge in [0, 0.05) is 7.11 Å². The van der Waals surface area contributed by atoms with Gasteiger partial charge in [-0.25, -0.2) is 4.39 Å². The largest absolute Gasteiger partial charge is 0.393 e. The molecule has 4 aliphatic rings. The van der Waals surface area contributed by atoms with E-state index < -0.39 is 11.8 Å². The standard InChI is InChI=1S/C22H35FO2/c1-4-14-5-6-19-17-11-20(23)18-12-22(13-24,25-3)10-8-16(18)15(17)7-9-21(14,19)2/h4,15-20,24H,5-13H2,1-3H3/b14-4-/t15-,16-,17-,18+,19+,20-,21-,22?/m1/s1. The van der Waals surface area contributed by atoms with Gasteiger partial charge in [0.05, 0.1) is 12.2 Å². The molecule has 4 saturated carbocycles. The quantitative estimate of drug-likeness (QED) is 0.717. The summed E-state index contributed by atoms with van der Waals surface area (Å²) in [7, 11) is 1.68. The maximum absolute atomic E-state index is 15.3. The number of alkyl halides is 1. The van der Waals surface area contributed by atoms with E-state index in [1.54, 1.807) is 12.7 Å². The Morgan fingerprint density at radius 2 is 1.88 bits per heavy atom. The molecule has 1 N–H and O–H groups in total. The smallest absolute Gasteiger partial charge is 0.104 e. The van der Waals surface area contributed by atoms with Crippen LogP contribution in [0.5, 0.6) is 0 Å². The van der Waals surface area contributed by atoms with Crippen molar-refractivity contribution in [1.82, 2.24) is 0 Å². The third-order valence-electron chi connectivity index (χ3n) is 9.01. The third-order valence-corrected chi connectivity index (χ3v) is 9.01. The van der Waals surface area contributed by atoms with E-state index >= 15 is 4.39 Å². The Labute approximate surface area is 152 Å². The second-order valence-corrected chi connectivity index (χ2v) is 9.61. The predicted octanol–water partition coefficient (Wildman–Crippen LogP) is 4.91. The number of aliphatic hydroxyl groups is 1. The van der Waals surface area contributed by atoms with Crippen LogP contribution >= 0.6 is 0 Å². The van der Waals surface area contributed by atoms with Crippen molar-refractivity contribution >= 4 is 0 Å². The molecule has 8 atom stereocenters. The number of aliphatic hydroxyl groups excluding tert-OH is 1. The van der Waals surface area contributed by atoms with Crippen molar-refractivity contribution in [2.45, 2.75) is 77.0 Å². The van der Waals surface area contributed by atoms with E-state index in [-0.39, 0.29) is 12.5 Å². The zero-order chi connectivity index (χ0) is 17.8. The lowest BCUT2D eigenvalue weighted by atomic mass is 9.49. The van der Waals surface area contributed by atoms with E-state index in [9.17, 15) is 5.11 Å². The normalized spacial score (nSPS) is 54.0. The second-order valence-electron chi connectivity index (χ2n) is 9.61. The molecule has 0 heterocycles. The third kappa shape index (κ3) is 2.56. The lowest BCUT2D eigenvalue weighted by Gasteiger charge is -2.57. The van der Waals surface area contributed by atoms with Crippen LogP contribution in [0.3, 0.4) is 0 Å². The number of allylic oxidation sites excluding steroid dienone is 2. The average Bonchev–Trinajstić information content (AvgIpc) is 2.98. The summed E-state index contributed by atoms with van der Waals surface area (Å²) < 4.78 is 21.0. The van der Waals surface area contributed by atoms with Crippen LogP contribution in [0.2, 0.25) is 0 Å². The summed E-state index contributed by atoms with van der Waals surface area (Å²) in [5.41, 5.74) is 1.47. The molecule has 0 bridgehead atoms. The van der Waals surface area contributed by atoms with Gasteiger partial charge in [0.15, 0.2) is 0 Å². The summed E-state index contributed by atoms with van der Waals surface area (Å²) in [6, 6.07) is 0. The molecule has 4 aliphatic carbocycles. The van der Waals surface area contributed by atoms with Crippen molar-refractivity contribution in [3.8, 4) is 0 Å². The lowest BCUT2D eigenvalue weighted by molar-refractivity contribution is -0.149. The monoisotopic (exact) mass is 350 g/mol. The van der Waals surface area contributed by atoms with Gasteiger partial charge in [-0.2, -0.15) is 0 Å². The lowest BCUT2D eigenvalue weighted by Crippen LogP contribution is -2.55. The van der Waals surface area contributed by atoms with Gasteiger partial charge in [-0.3, -0.25) is 0 Å². The van der Waals surface area contributed by atoms with Gasteiger partial charge < -0.3 is 9.84 Å². The van der Waals surface area contributed by atoms with Crippen LogP contribution in [0, 0.1) is 35.0 Å². The number of hydrogen-bond acceptors (Lipinski definition) is 2. The van der Waals surface area contributed by atoms with Gasteiger partial charge in [-0.15, -0.1) is 0 Å². The number of rotatable bonds is 2. The summed E-state index contributed by atoms with van der Waals surface area (Å²) in [5, 5.41) is 9.81. The second kappa shape index (κ2) is 6.34. The van der Waals surface area contributed by atoms with Crippen molar-refractivity contribution in [2.24, 2.45) is 35.0 Å². The number of fused-ring (bicyclic) bond motifs is 5. The van der Waals surface area contributed by atoms with Crippen molar-refractivity contribution in [1.29, 1.82) is 0 Å². The molecule has 0 aromatic heterocycles. The highest BCUT2D eigenvalue weighted by molar-refractivity contribution is 5.23. The summed E-state index contributed by atoms with van der Waals surface area (Å²) in [5.74, 6) is 2.54. The van der Waals surface area contributed by atoms with Gasteiger partial charge >= 0.3 is 0 Å². The molecule has 3 heteroatoms. The molecule has 1 unspecified atom stereocenters. The Bertz CT molecular complexity index is 540. The maximum Gasteiger partial charge on any atom is 0.104 e. The summed E-state index contributed by atoms with van der Waals surface area (Å²) >= 11 is 0. The topological polar surface area (TPSA) is 29.5 Å². The summed E-state index contributed by atoms with van der Waals surface area (Å²) in [6.07, 6.45) is 10.0. The predicted molar refractivity (Wildman–Crippen MR) is 98.0 cm³/mol. The molecule has 25 heavy (non-hydrogen) atoms. The maximum atomic E-state index is 15.3. The first-order valence-electron chi connectivity index (χ1n) is 10.4. The van der Waals surface area contributed by atoms with Crippen molar-refractivity contribution in [3.63, 3.8) is 0 Å². The van der Waals surface area contributed by atoms with E-state index in [4.69, 9.17) is 4.74 Å². The minimum atomic E-state index is -0.718. The fourth-order valence-corrected chi connectivity index (χ4v) is 7.59. The molecule has 4 fully saturated rings. The van der Waals surface area contributed by atoms with Crippen molar-refractivity contribution in [2.75, 3.05) is 13.7 Å². The van der Waals surface area contributed by atoms with Gasteiger partial charge in [-0.05, 0) is 93.3 Å². The van der Waals surface area contributed by atoms with E-state index in [0.717, 1.165) is 19.3 Å². The molecule has 0 aromatic carbocycles. The fourth-order valence-electron chi connectivity index (χ4n) is 7.59. The van der Waals surface area contributed by atoms with Crippen LogP contribution in [0.25, 0.3) is 0 Å². The fraction of sp³-hybridized carbons (Fsp3) is 0.909. The Kier molecular flexibility index (Phi) is 4.56. The summed E-state index contributed by atoms with van der Waals surface area (Å²) in [6.45, 7) is 4.67. The summed E-state index contributed by atoms with van der Waals surface area (Å²) in [4.78, 5) is 0. The minimum Gasteiger partial charge on any atom is -0.393 e. The molecule has 142 valence electrons. The number of hydrogen-bond donors (Lipinski definition) is 1. The van der Waals surface area contributed by atoms with Crippen molar-refractivity contribution in [3.05, 3.63) is 11.6 Å². The SMILES string of the molecule is C/C=C1/CC[C@H]2[C@@H]3C[C@@H](F)[C@H]4CC(CO)(OC)CC[C@@H]4[C@H]3CC[C@]12C. The van der Waals surface area contributed by atoms with E-state index in [2.05, 4.69) is 19.9 Å². The van der Waals surface area contributed by atoms with Crippen LogP contribution in [-0.2, 0) is 4.74 Å². The molecular weight excluding hydrogens is 315 g/mol. The zero-order valence-electron chi connectivity index (χ0n) is 16.1. The van der Waals surface area contributed by atoms with Crippen LogP contribution in [0.4, 0.5) is 4.39 Å². The molecule has 0 spiro atoms. The Morgan fingerprint density at radius 3 is 2.56 bits per heavy atom. The van der Waals surface area contributed by atoms with Crippen LogP contribution in [0.1, 0.15) is 65.2 Å². The van der Waals surface area contributed by atoms with Gasteiger partial charge in [0.2, 0.25) is 0 Å². The Balaban J connectivity index is 1.59. The van der Waals surface area contributed by atoms with Crippen LogP contribution < -0.4 is 0 Å². The van der Waals surface area contributed by atoms with Crippen LogP contribution in [-0.4, -0.2) is 30.6 Å². The first kappa shape index (κ1) is 18.0. The van der Waals surface area contributed by atoms with Gasteiger partial charge in [-0.1, -0.05) is 18.6 Å². The molecular formula is C22H35FO2. The molecule has 2 nitrogen and oxygen atoms in total.